The zero-order valence-corrected chi connectivity index (χ0v) is 16.2. The molecule has 0 radical (unpaired) electrons. The van der Waals surface area contributed by atoms with E-state index in [1.165, 1.54) is 7.05 Å². The lowest BCUT2D eigenvalue weighted by Gasteiger charge is -2.19. The Bertz CT molecular complexity index is 678. The van der Waals surface area contributed by atoms with E-state index in [4.69, 9.17) is 4.74 Å². The Kier molecular flexibility index (Phi) is 8.44. The van der Waals surface area contributed by atoms with Crippen molar-refractivity contribution >= 4 is 23.7 Å². The van der Waals surface area contributed by atoms with Gasteiger partial charge in [-0.15, -0.1) is 0 Å². The van der Waals surface area contributed by atoms with Gasteiger partial charge in [0.1, 0.15) is 0 Å². The molecule has 0 bridgehead atoms. The average molecular weight is 377 g/mol. The number of ether oxygens (including phenoxy) is 1. The number of rotatable bonds is 8. The Balaban J connectivity index is 2.30. The van der Waals surface area contributed by atoms with Crippen LogP contribution in [0, 0.1) is 0 Å². The van der Waals surface area contributed by atoms with E-state index in [1.54, 1.807) is 12.1 Å². The van der Waals surface area contributed by atoms with Crippen molar-refractivity contribution in [2.24, 2.45) is 0 Å². The van der Waals surface area contributed by atoms with Crippen molar-refractivity contribution in [3.63, 3.8) is 0 Å². The Labute approximate surface area is 159 Å². The fraction of sp³-hybridized carbons (Fsp3) is 0.474. The third-order valence-electron chi connectivity index (χ3n) is 3.72. The summed E-state index contributed by atoms with van der Waals surface area (Å²) in [6, 6.07) is 7.29. The Morgan fingerprint density at radius 3 is 2.15 bits per heavy atom. The van der Waals surface area contributed by atoms with Crippen LogP contribution in [0.1, 0.15) is 43.1 Å². The van der Waals surface area contributed by atoms with E-state index >= 15 is 0 Å². The van der Waals surface area contributed by atoms with Gasteiger partial charge in [0.25, 0.3) is 11.8 Å². The number of hydrogen-bond donors (Lipinski definition) is 3. The Morgan fingerprint density at radius 2 is 1.59 bits per heavy atom. The molecule has 0 saturated carbocycles. The lowest BCUT2D eigenvalue weighted by atomic mass is 9.87. The molecular weight excluding hydrogens is 350 g/mol. The van der Waals surface area contributed by atoms with Crippen LogP contribution >= 0.6 is 0 Å². The van der Waals surface area contributed by atoms with Gasteiger partial charge < -0.3 is 20.7 Å². The fourth-order valence-electron chi connectivity index (χ4n) is 2.04. The van der Waals surface area contributed by atoms with Gasteiger partial charge in [0, 0.05) is 19.2 Å². The number of nitrogens with one attached hydrogen (secondary N) is 3. The minimum Gasteiger partial charge on any atom is -0.456 e. The molecule has 0 saturated heterocycles. The van der Waals surface area contributed by atoms with Crippen LogP contribution in [0.5, 0.6) is 0 Å². The topological polar surface area (TPSA) is 114 Å². The van der Waals surface area contributed by atoms with E-state index in [2.05, 4.69) is 36.7 Å². The van der Waals surface area contributed by atoms with Crippen LogP contribution in [-0.4, -0.2) is 50.4 Å². The summed E-state index contributed by atoms with van der Waals surface area (Å²) in [7, 11) is 1.45. The highest BCUT2D eigenvalue weighted by atomic mass is 16.5. The maximum atomic E-state index is 12.1. The summed E-state index contributed by atoms with van der Waals surface area (Å²) in [5.74, 6) is -1.83. The van der Waals surface area contributed by atoms with Gasteiger partial charge in [-0.3, -0.25) is 19.2 Å². The zero-order chi connectivity index (χ0) is 20.4. The first-order valence-electron chi connectivity index (χ1n) is 8.65. The first-order chi connectivity index (χ1) is 12.6. The molecule has 3 N–H and O–H groups in total. The summed E-state index contributed by atoms with van der Waals surface area (Å²) in [6.07, 6.45) is -0.0610. The molecule has 8 heteroatoms. The van der Waals surface area contributed by atoms with E-state index in [9.17, 15) is 19.2 Å². The van der Waals surface area contributed by atoms with Crippen LogP contribution in [0.25, 0.3) is 0 Å². The number of carbonyl (C=O) groups is 4. The summed E-state index contributed by atoms with van der Waals surface area (Å²) < 4.78 is 4.78. The van der Waals surface area contributed by atoms with Crippen molar-refractivity contribution in [3.8, 4) is 0 Å². The molecule has 148 valence electrons. The maximum Gasteiger partial charge on any atom is 0.308 e. The molecule has 27 heavy (non-hydrogen) atoms. The van der Waals surface area contributed by atoms with Crippen molar-refractivity contribution in [1.82, 2.24) is 16.0 Å². The van der Waals surface area contributed by atoms with Gasteiger partial charge in [-0.05, 0) is 23.1 Å². The molecule has 0 unspecified atom stereocenters. The molecule has 1 aromatic rings. The van der Waals surface area contributed by atoms with Crippen LogP contribution in [0.3, 0.4) is 0 Å². The number of esters is 1. The molecule has 0 aliphatic rings. The van der Waals surface area contributed by atoms with E-state index in [0.29, 0.717) is 5.56 Å². The van der Waals surface area contributed by atoms with Gasteiger partial charge >= 0.3 is 5.97 Å². The standard InChI is InChI=1S/C19H27N3O5/c1-19(2,3)14-7-5-13(6-8-14)18(26)21-10-9-17(25)27-12-16(24)22-11-15(23)20-4/h5-8H,9-12H2,1-4H3,(H,20,23)(H,21,26)(H,22,24). The number of hydrogen-bond acceptors (Lipinski definition) is 5. The highest BCUT2D eigenvalue weighted by molar-refractivity contribution is 5.94. The molecule has 8 nitrogen and oxygen atoms in total. The SMILES string of the molecule is CNC(=O)CNC(=O)COC(=O)CCNC(=O)c1ccc(C(C)(C)C)cc1. The second-order valence-electron chi connectivity index (χ2n) is 6.94. The average Bonchev–Trinajstić information content (AvgIpc) is 2.63. The first-order valence-corrected chi connectivity index (χ1v) is 8.65. The van der Waals surface area contributed by atoms with Crippen molar-refractivity contribution < 1.29 is 23.9 Å². The molecule has 0 heterocycles. The predicted molar refractivity (Wildman–Crippen MR) is 100 cm³/mol. The van der Waals surface area contributed by atoms with Crippen LogP contribution < -0.4 is 16.0 Å². The third kappa shape index (κ3) is 8.35. The van der Waals surface area contributed by atoms with E-state index in [0.717, 1.165) is 5.56 Å². The van der Waals surface area contributed by atoms with Crippen LogP contribution in [-0.2, 0) is 24.5 Å². The second kappa shape index (κ2) is 10.3. The molecule has 1 rings (SSSR count). The second-order valence-corrected chi connectivity index (χ2v) is 6.94. The molecule has 0 aromatic heterocycles. The van der Waals surface area contributed by atoms with Gasteiger partial charge in [-0.2, -0.15) is 0 Å². The highest BCUT2D eigenvalue weighted by Gasteiger charge is 2.14. The maximum absolute atomic E-state index is 12.1. The fourth-order valence-corrected chi connectivity index (χ4v) is 2.04. The quantitative estimate of drug-likeness (QED) is 0.571. The van der Waals surface area contributed by atoms with Crippen molar-refractivity contribution in [2.45, 2.75) is 32.6 Å². The predicted octanol–water partition coefficient (Wildman–Crippen LogP) is 0.509. The van der Waals surface area contributed by atoms with Gasteiger partial charge in [0.05, 0.1) is 13.0 Å². The smallest absolute Gasteiger partial charge is 0.308 e. The van der Waals surface area contributed by atoms with E-state index in [-0.39, 0.29) is 36.7 Å². The summed E-state index contributed by atoms with van der Waals surface area (Å²) in [4.78, 5) is 46.0. The lowest BCUT2D eigenvalue weighted by Crippen LogP contribution is -2.37. The first kappa shape index (κ1) is 22.1. The zero-order valence-electron chi connectivity index (χ0n) is 16.2. The number of carbonyl (C=O) groups excluding carboxylic acids is 4. The van der Waals surface area contributed by atoms with Gasteiger partial charge in [0.2, 0.25) is 5.91 Å². The number of likely N-dealkylation sites (N-methyl/N-ethyl adjacent to an activating group) is 1. The third-order valence-corrected chi connectivity index (χ3v) is 3.72. The van der Waals surface area contributed by atoms with Crippen LogP contribution in [0.4, 0.5) is 0 Å². The van der Waals surface area contributed by atoms with Gasteiger partial charge in [0.15, 0.2) is 6.61 Å². The van der Waals surface area contributed by atoms with Gasteiger partial charge in [-0.1, -0.05) is 32.9 Å². The summed E-state index contributed by atoms with van der Waals surface area (Å²) in [6.45, 7) is 5.71. The normalized spacial score (nSPS) is 10.7. The molecule has 0 spiro atoms. The number of benzene rings is 1. The van der Waals surface area contributed by atoms with E-state index in [1.807, 2.05) is 12.1 Å². The largest absolute Gasteiger partial charge is 0.456 e. The Morgan fingerprint density at radius 1 is 0.963 bits per heavy atom. The molecular formula is C19H27N3O5. The Hall–Kier alpha value is -2.90. The molecule has 0 atom stereocenters. The molecule has 1 aromatic carbocycles. The monoisotopic (exact) mass is 377 g/mol. The van der Waals surface area contributed by atoms with E-state index < -0.39 is 18.5 Å². The molecule has 0 aliphatic heterocycles. The molecule has 0 fully saturated rings. The van der Waals surface area contributed by atoms with Crippen molar-refractivity contribution in [1.29, 1.82) is 0 Å². The van der Waals surface area contributed by atoms with Crippen molar-refractivity contribution in [3.05, 3.63) is 35.4 Å². The summed E-state index contributed by atoms with van der Waals surface area (Å²) in [5.41, 5.74) is 1.63. The minimum absolute atomic E-state index is 0.00535. The highest BCUT2D eigenvalue weighted by Crippen LogP contribution is 2.22. The van der Waals surface area contributed by atoms with Crippen molar-refractivity contribution in [2.75, 3.05) is 26.7 Å². The molecule has 0 aliphatic carbocycles. The van der Waals surface area contributed by atoms with Crippen LogP contribution in [0.2, 0.25) is 0 Å². The summed E-state index contributed by atoms with van der Waals surface area (Å²) >= 11 is 0. The number of amides is 3. The van der Waals surface area contributed by atoms with Crippen LogP contribution in [0.15, 0.2) is 24.3 Å². The summed E-state index contributed by atoms with van der Waals surface area (Å²) in [5, 5.41) is 7.28. The molecule has 3 amide bonds. The van der Waals surface area contributed by atoms with Gasteiger partial charge in [-0.25, -0.2) is 0 Å². The minimum atomic E-state index is -0.617. The lowest BCUT2D eigenvalue weighted by molar-refractivity contribution is -0.148.